The van der Waals surface area contributed by atoms with E-state index < -0.39 is 0 Å². The van der Waals surface area contributed by atoms with Crippen LogP contribution in [-0.4, -0.2) is 7.05 Å². The maximum atomic E-state index is 14.4. The molecule has 0 radical (unpaired) electrons. The van der Waals surface area contributed by atoms with E-state index in [0.717, 1.165) is 12.8 Å². The molecule has 0 amide bonds. The lowest BCUT2D eigenvalue weighted by molar-refractivity contribution is 0.441. The quantitative estimate of drug-likeness (QED) is 0.728. The average Bonchev–Trinajstić information content (AvgIpc) is 3.28. The molecule has 1 aliphatic carbocycles. The lowest BCUT2D eigenvalue weighted by atomic mass is 9.83. The molecule has 0 aromatic heterocycles. The smallest absolute Gasteiger partial charge is 0.129 e. The zero-order chi connectivity index (χ0) is 15.0. The van der Waals surface area contributed by atoms with Crippen molar-refractivity contribution in [2.24, 2.45) is 0 Å². The van der Waals surface area contributed by atoms with Crippen molar-refractivity contribution in [3.8, 4) is 0 Å². The van der Waals surface area contributed by atoms with E-state index in [0.29, 0.717) is 15.1 Å². The number of likely N-dealkylation sites (N-methyl/N-ethyl adjacent to an activating group) is 1. The Kier molecular flexibility index (Phi) is 4.08. The highest BCUT2D eigenvalue weighted by Crippen LogP contribution is 2.57. The van der Waals surface area contributed by atoms with Gasteiger partial charge in [0.2, 0.25) is 0 Å². The van der Waals surface area contributed by atoms with Gasteiger partial charge in [-0.25, -0.2) is 4.39 Å². The topological polar surface area (TPSA) is 12.0 Å². The summed E-state index contributed by atoms with van der Waals surface area (Å²) < 4.78 is 15.0. The van der Waals surface area contributed by atoms with Crippen LogP contribution in [0.15, 0.2) is 46.9 Å². The highest BCUT2D eigenvalue weighted by Gasteiger charge is 2.51. The molecule has 0 saturated heterocycles. The Morgan fingerprint density at radius 1 is 1.24 bits per heavy atom. The third kappa shape index (κ3) is 2.63. The third-order valence-electron chi connectivity index (χ3n) is 4.33. The molecule has 1 saturated carbocycles. The zero-order valence-electron chi connectivity index (χ0n) is 11.7. The van der Waals surface area contributed by atoms with E-state index in [4.69, 9.17) is 11.6 Å². The maximum Gasteiger partial charge on any atom is 0.129 e. The molecule has 3 rings (SSSR count). The maximum absolute atomic E-state index is 14.4. The summed E-state index contributed by atoms with van der Waals surface area (Å²) in [6, 6.07) is 13.4. The Morgan fingerprint density at radius 2 is 1.90 bits per heavy atom. The predicted molar refractivity (Wildman–Crippen MR) is 88.3 cm³/mol. The molecule has 1 unspecified atom stereocenters. The molecule has 0 bridgehead atoms. The number of hydrogen-bond acceptors (Lipinski definition) is 1. The molecule has 2 aromatic carbocycles. The van der Waals surface area contributed by atoms with Crippen molar-refractivity contribution < 1.29 is 4.39 Å². The lowest BCUT2D eigenvalue weighted by Gasteiger charge is -2.28. The monoisotopic (exact) mass is 367 g/mol. The van der Waals surface area contributed by atoms with Gasteiger partial charge in [0.05, 0.1) is 5.02 Å². The van der Waals surface area contributed by atoms with Crippen molar-refractivity contribution in [1.82, 2.24) is 5.32 Å². The van der Waals surface area contributed by atoms with Gasteiger partial charge in [0.25, 0.3) is 0 Å². The third-order valence-corrected chi connectivity index (χ3v) is 5.53. The molecular formula is C17H16BrClFN. The van der Waals surface area contributed by atoms with Gasteiger partial charge in [0, 0.05) is 21.5 Å². The fourth-order valence-corrected chi connectivity index (χ4v) is 3.62. The summed E-state index contributed by atoms with van der Waals surface area (Å²) in [6.07, 6.45) is 2.10. The van der Waals surface area contributed by atoms with Gasteiger partial charge >= 0.3 is 0 Å². The SMILES string of the molecule is CNC(c1cc(Cl)c(Br)cc1F)C1(c2ccccc2)CC1. The first kappa shape index (κ1) is 15.0. The first-order chi connectivity index (χ1) is 10.1. The van der Waals surface area contributed by atoms with Crippen LogP contribution < -0.4 is 5.32 Å². The van der Waals surface area contributed by atoms with Crippen molar-refractivity contribution >= 4 is 27.5 Å². The normalized spacial score (nSPS) is 17.5. The molecule has 1 aliphatic rings. The fraction of sp³-hybridized carbons (Fsp3) is 0.294. The van der Waals surface area contributed by atoms with Gasteiger partial charge in [-0.2, -0.15) is 0 Å². The second-order valence-corrected chi connectivity index (χ2v) is 6.79. The lowest BCUT2D eigenvalue weighted by Crippen LogP contribution is -2.30. The second-order valence-electron chi connectivity index (χ2n) is 5.53. The largest absolute Gasteiger partial charge is 0.312 e. The summed E-state index contributed by atoms with van der Waals surface area (Å²) in [6.45, 7) is 0. The minimum absolute atomic E-state index is 0.0337. The summed E-state index contributed by atoms with van der Waals surface area (Å²) in [5.41, 5.74) is 1.85. The number of nitrogens with one attached hydrogen (secondary N) is 1. The van der Waals surface area contributed by atoms with Crippen LogP contribution in [0.3, 0.4) is 0 Å². The minimum Gasteiger partial charge on any atom is -0.312 e. The van der Waals surface area contributed by atoms with E-state index in [1.165, 1.54) is 11.6 Å². The fourth-order valence-electron chi connectivity index (χ4n) is 3.14. The number of hydrogen-bond donors (Lipinski definition) is 1. The Labute approximate surface area is 137 Å². The van der Waals surface area contributed by atoms with Crippen LogP contribution in [0.25, 0.3) is 0 Å². The van der Waals surface area contributed by atoms with Gasteiger partial charge in [0.15, 0.2) is 0 Å². The van der Waals surface area contributed by atoms with E-state index in [1.807, 2.05) is 25.2 Å². The van der Waals surface area contributed by atoms with Crippen LogP contribution in [0.1, 0.15) is 30.0 Å². The zero-order valence-corrected chi connectivity index (χ0v) is 14.0. The molecule has 4 heteroatoms. The van der Waals surface area contributed by atoms with Crippen LogP contribution in [0.5, 0.6) is 0 Å². The molecule has 1 nitrogen and oxygen atoms in total. The van der Waals surface area contributed by atoms with E-state index in [9.17, 15) is 4.39 Å². The van der Waals surface area contributed by atoms with E-state index in [1.54, 1.807) is 6.07 Å². The summed E-state index contributed by atoms with van der Waals surface area (Å²) in [5.74, 6) is -0.229. The van der Waals surface area contributed by atoms with E-state index in [-0.39, 0.29) is 17.3 Å². The summed E-state index contributed by atoms with van der Waals surface area (Å²) in [5, 5.41) is 3.83. The van der Waals surface area contributed by atoms with Crippen LogP contribution >= 0.6 is 27.5 Å². The molecule has 1 N–H and O–H groups in total. The summed E-state index contributed by atoms with van der Waals surface area (Å²) in [7, 11) is 1.88. The van der Waals surface area contributed by atoms with Crippen molar-refractivity contribution in [2.45, 2.75) is 24.3 Å². The number of rotatable bonds is 4. The van der Waals surface area contributed by atoms with E-state index in [2.05, 4.69) is 33.4 Å². The van der Waals surface area contributed by atoms with Gasteiger partial charge in [-0.05, 0) is 53.5 Å². The highest BCUT2D eigenvalue weighted by molar-refractivity contribution is 9.10. The minimum atomic E-state index is -0.229. The molecule has 0 heterocycles. The predicted octanol–water partition coefficient (Wildman–Crippen LogP) is 5.23. The standard InChI is InChI=1S/C17H16BrClFN/c1-21-16(12-9-14(19)13(18)10-15(12)20)17(7-8-17)11-5-3-2-4-6-11/h2-6,9-10,16,21H,7-8H2,1H3. The average molecular weight is 369 g/mol. The van der Waals surface area contributed by atoms with Gasteiger partial charge in [-0.15, -0.1) is 0 Å². The summed E-state index contributed by atoms with van der Waals surface area (Å²) >= 11 is 9.43. The first-order valence-electron chi connectivity index (χ1n) is 6.96. The van der Waals surface area contributed by atoms with E-state index >= 15 is 0 Å². The van der Waals surface area contributed by atoms with Crippen molar-refractivity contribution in [2.75, 3.05) is 7.05 Å². The molecule has 110 valence electrons. The second kappa shape index (κ2) is 5.71. The van der Waals surface area contributed by atoms with Crippen LogP contribution in [0, 0.1) is 5.82 Å². The van der Waals surface area contributed by atoms with Crippen molar-refractivity contribution in [3.05, 3.63) is 68.9 Å². The molecule has 1 fully saturated rings. The molecular weight excluding hydrogens is 353 g/mol. The van der Waals surface area contributed by atoms with Crippen LogP contribution in [0.4, 0.5) is 4.39 Å². The highest BCUT2D eigenvalue weighted by atomic mass is 79.9. The Morgan fingerprint density at radius 3 is 2.48 bits per heavy atom. The molecule has 1 atom stereocenters. The van der Waals surface area contributed by atoms with Gasteiger partial charge < -0.3 is 5.32 Å². The van der Waals surface area contributed by atoms with Gasteiger partial charge in [-0.1, -0.05) is 41.9 Å². The Bertz CT molecular complexity index is 655. The van der Waals surface area contributed by atoms with Crippen molar-refractivity contribution in [3.63, 3.8) is 0 Å². The Balaban J connectivity index is 2.06. The van der Waals surface area contributed by atoms with Crippen LogP contribution in [0.2, 0.25) is 5.02 Å². The molecule has 0 spiro atoms. The summed E-state index contributed by atoms with van der Waals surface area (Å²) in [4.78, 5) is 0. The molecule has 0 aliphatic heterocycles. The van der Waals surface area contributed by atoms with Gasteiger partial charge in [0.1, 0.15) is 5.82 Å². The number of halogens is 3. The number of benzene rings is 2. The Hall–Kier alpha value is -0.900. The van der Waals surface area contributed by atoms with Crippen molar-refractivity contribution in [1.29, 1.82) is 0 Å². The molecule has 21 heavy (non-hydrogen) atoms. The van der Waals surface area contributed by atoms with Crippen LogP contribution in [-0.2, 0) is 5.41 Å². The van der Waals surface area contributed by atoms with Gasteiger partial charge in [-0.3, -0.25) is 0 Å². The first-order valence-corrected chi connectivity index (χ1v) is 8.13. The molecule has 2 aromatic rings.